The molecule has 1 aromatic carbocycles. The molecule has 2 rings (SSSR count). The molecule has 1 aromatic rings. The van der Waals surface area contributed by atoms with E-state index >= 15 is 0 Å². The fraction of sp³-hybridized carbons (Fsp3) is 0.467. The molecular weight excluding hydrogens is 274 g/mol. The van der Waals surface area contributed by atoms with E-state index in [1.807, 2.05) is 12.1 Å². The summed E-state index contributed by atoms with van der Waals surface area (Å²) in [5.74, 6) is -0.400. The maximum Gasteiger partial charge on any atom is 0.334 e. The van der Waals surface area contributed by atoms with Gasteiger partial charge in [-0.25, -0.2) is 4.79 Å². The third-order valence-corrected chi connectivity index (χ3v) is 3.40. The van der Waals surface area contributed by atoms with Gasteiger partial charge in [0.25, 0.3) is 0 Å². The highest BCUT2D eigenvalue weighted by atomic mass is 16.5. The van der Waals surface area contributed by atoms with E-state index in [0.29, 0.717) is 6.54 Å². The first-order chi connectivity index (χ1) is 9.99. The summed E-state index contributed by atoms with van der Waals surface area (Å²) in [5, 5.41) is 9.03. The van der Waals surface area contributed by atoms with E-state index in [-0.39, 0.29) is 25.0 Å². The molecule has 0 aliphatic carbocycles. The number of benzene rings is 1. The molecule has 2 atom stereocenters. The van der Waals surface area contributed by atoms with Crippen molar-refractivity contribution in [3.8, 4) is 5.75 Å². The lowest BCUT2D eigenvalue weighted by atomic mass is 10.1. The summed E-state index contributed by atoms with van der Waals surface area (Å²) in [4.78, 5) is 24.9. The normalized spacial score (nSPS) is 21.9. The third kappa shape index (κ3) is 3.95. The van der Waals surface area contributed by atoms with Gasteiger partial charge in [-0.05, 0) is 24.6 Å². The van der Waals surface area contributed by atoms with Crippen molar-refractivity contribution in [3.05, 3.63) is 29.8 Å². The number of nitrogens with zero attached hydrogens (tertiary/aromatic N) is 1. The summed E-state index contributed by atoms with van der Waals surface area (Å²) >= 11 is 0. The zero-order chi connectivity index (χ0) is 15.4. The minimum absolute atomic E-state index is 0.0919. The van der Waals surface area contributed by atoms with Gasteiger partial charge in [0.05, 0.1) is 26.2 Å². The van der Waals surface area contributed by atoms with E-state index in [1.54, 1.807) is 31.1 Å². The lowest BCUT2D eigenvalue weighted by Crippen LogP contribution is -2.52. The molecular formula is C15H19NO5. The molecule has 1 heterocycles. The van der Waals surface area contributed by atoms with Crippen LogP contribution in [0.1, 0.15) is 12.5 Å². The molecule has 0 bridgehead atoms. The number of rotatable bonds is 4. The number of aliphatic carboxylic acids is 1. The van der Waals surface area contributed by atoms with Gasteiger partial charge in [0.2, 0.25) is 5.91 Å². The predicted octanol–water partition coefficient (Wildman–Crippen LogP) is 0.938. The molecule has 114 valence electrons. The van der Waals surface area contributed by atoms with E-state index in [1.165, 1.54) is 0 Å². The van der Waals surface area contributed by atoms with Crippen molar-refractivity contribution in [2.45, 2.75) is 25.6 Å². The standard InChI is InChI=1S/C15H19NO5/c1-10-8-16(9-13(21-10)15(18)19)14(17)7-11-3-5-12(20-2)6-4-11/h3-6,10,13H,7-9H2,1-2H3,(H,18,19)/t10-,13?/m1/s1. The molecule has 1 unspecified atom stereocenters. The average Bonchev–Trinajstić information content (AvgIpc) is 2.47. The minimum Gasteiger partial charge on any atom is -0.497 e. The van der Waals surface area contributed by atoms with E-state index in [2.05, 4.69) is 0 Å². The highest BCUT2D eigenvalue weighted by molar-refractivity contribution is 5.80. The zero-order valence-corrected chi connectivity index (χ0v) is 12.1. The number of hydrogen-bond donors (Lipinski definition) is 1. The van der Waals surface area contributed by atoms with Crippen molar-refractivity contribution in [2.75, 3.05) is 20.2 Å². The van der Waals surface area contributed by atoms with E-state index in [9.17, 15) is 9.59 Å². The predicted molar refractivity (Wildman–Crippen MR) is 75.2 cm³/mol. The fourth-order valence-corrected chi connectivity index (χ4v) is 2.32. The number of methoxy groups -OCH3 is 1. The number of carboxylic acid groups (broad SMARTS) is 1. The minimum atomic E-state index is -1.04. The second-order valence-electron chi connectivity index (χ2n) is 5.10. The Morgan fingerprint density at radius 1 is 1.33 bits per heavy atom. The summed E-state index contributed by atoms with van der Waals surface area (Å²) in [6.45, 7) is 2.27. The Morgan fingerprint density at radius 2 is 2.00 bits per heavy atom. The van der Waals surface area contributed by atoms with Crippen LogP contribution in [0.2, 0.25) is 0 Å². The Hall–Kier alpha value is -2.08. The van der Waals surface area contributed by atoms with Gasteiger partial charge in [0, 0.05) is 6.54 Å². The molecule has 1 amide bonds. The Kier molecular flexibility index (Phi) is 4.80. The van der Waals surface area contributed by atoms with Gasteiger partial charge in [-0.15, -0.1) is 0 Å². The molecule has 1 aliphatic rings. The average molecular weight is 293 g/mol. The Labute approximate surface area is 123 Å². The molecule has 1 fully saturated rings. The first-order valence-corrected chi connectivity index (χ1v) is 6.78. The zero-order valence-electron chi connectivity index (χ0n) is 12.1. The Balaban J connectivity index is 1.99. The quantitative estimate of drug-likeness (QED) is 0.894. The molecule has 1 aliphatic heterocycles. The van der Waals surface area contributed by atoms with Crippen LogP contribution in [0.15, 0.2) is 24.3 Å². The van der Waals surface area contributed by atoms with Crippen LogP contribution >= 0.6 is 0 Å². The van der Waals surface area contributed by atoms with Crippen LogP contribution in [0.4, 0.5) is 0 Å². The lowest BCUT2D eigenvalue weighted by Gasteiger charge is -2.35. The van der Waals surface area contributed by atoms with Gasteiger partial charge in [0.15, 0.2) is 6.10 Å². The molecule has 1 N–H and O–H groups in total. The third-order valence-electron chi connectivity index (χ3n) is 3.40. The molecule has 6 nitrogen and oxygen atoms in total. The number of ether oxygens (including phenoxy) is 2. The van der Waals surface area contributed by atoms with Gasteiger partial charge in [-0.2, -0.15) is 0 Å². The van der Waals surface area contributed by atoms with Gasteiger partial charge in [-0.3, -0.25) is 4.79 Å². The number of amides is 1. The Morgan fingerprint density at radius 3 is 2.57 bits per heavy atom. The summed E-state index contributed by atoms with van der Waals surface area (Å²) in [6.07, 6.45) is -0.989. The molecule has 21 heavy (non-hydrogen) atoms. The van der Waals surface area contributed by atoms with E-state index < -0.39 is 12.1 Å². The second-order valence-corrected chi connectivity index (χ2v) is 5.10. The molecule has 0 radical (unpaired) electrons. The maximum atomic E-state index is 12.3. The number of carbonyl (C=O) groups is 2. The van der Waals surface area contributed by atoms with Crippen molar-refractivity contribution in [1.29, 1.82) is 0 Å². The highest BCUT2D eigenvalue weighted by Crippen LogP contribution is 2.15. The molecule has 0 saturated carbocycles. The van der Waals surface area contributed by atoms with Crippen LogP contribution in [0.25, 0.3) is 0 Å². The number of morpholine rings is 1. The van der Waals surface area contributed by atoms with Gasteiger partial charge in [-0.1, -0.05) is 12.1 Å². The summed E-state index contributed by atoms with van der Waals surface area (Å²) < 4.78 is 10.4. The van der Waals surface area contributed by atoms with Crippen LogP contribution in [0.3, 0.4) is 0 Å². The number of hydrogen-bond acceptors (Lipinski definition) is 4. The maximum absolute atomic E-state index is 12.3. The van der Waals surface area contributed by atoms with Crippen LogP contribution in [-0.2, 0) is 20.7 Å². The van der Waals surface area contributed by atoms with Crippen molar-refractivity contribution >= 4 is 11.9 Å². The molecule has 0 spiro atoms. The van der Waals surface area contributed by atoms with Crippen LogP contribution in [0, 0.1) is 0 Å². The second kappa shape index (κ2) is 6.58. The van der Waals surface area contributed by atoms with Gasteiger partial charge < -0.3 is 19.5 Å². The SMILES string of the molecule is COc1ccc(CC(=O)N2CC(C(=O)O)O[C@H](C)C2)cc1. The van der Waals surface area contributed by atoms with E-state index in [0.717, 1.165) is 11.3 Å². The van der Waals surface area contributed by atoms with Crippen molar-refractivity contribution in [3.63, 3.8) is 0 Å². The smallest absolute Gasteiger partial charge is 0.334 e. The fourth-order valence-electron chi connectivity index (χ4n) is 2.32. The van der Waals surface area contributed by atoms with Crippen molar-refractivity contribution in [2.24, 2.45) is 0 Å². The summed E-state index contributed by atoms with van der Waals surface area (Å²) in [7, 11) is 1.58. The largest absolute Gasteiger partial charge is 0.497 e. The monoisotopic (exact) mass is 293 g/mol. The first-order valence-electron chi connectivity index (χ1n) is 6.78. The highest BCUT2D eigenvalue weighted by Gasteiger charge is 2.32. The van der Waals surface area contributed by atoms with E-state index in [4.69, 9.17) is 14.6 Å². The molecule has 1 saturated heterocycles. The van der Waals surface area contributed by atoms with Crippen LogP contribution in [0.5, 0.6) is 5.75 Å². The first kappa shape index (κ1) is 15.3. The lowest BCUT2D eigenvalue weighted by molar-refractivity contribution is -0.166. The van der Waals surface area contributed by atoms with Crippen molar-refractivity contribution < 1.29 is 24.2 Å². The molecule has 0 aromatic heterocycles. The summed E-state index contributed by atoms with van der Waals surface area (Å²) in [5.41, 5.74) is 0.867. The summed E-state index contributed by atoms with van der Waals surface area (Å²) in [6, 6.07) is 7.25. The van der Waals surface area contributed by atoms with Crippen LogP contribution in [-0.4, -0.2) is 54.3 Å². The van der Waals surface area contributed by atoms with Crippen molar-refractivity contribution in [1.82, 2.24) is 4.90 Å². The van der Waals surface area contributed by atoms with Gasteiger partial charge in [0.1, 0.15) is 5.75 Å². The van der Waals surface area contributed by atoms with Gasteiger partial charge >= 0.3 is 5.97 Å². The Bertz CT molecular complexity index is 513. The number of carbonyl (C=O) groups excluding carboxylic acids is 1. The topological polar surface area (TPSA) is 76.1 Å². The van der Waals surface area contributed by atoms with Crippen LogP contribution < -0.4 is 4.74 Å². The molecule has 6 heteroatoms. The number of carboxylic acids is 1.